The number of hydrogen-bond donors (Lipinski definition) is 6. The van der Waals surface area contributed by atoms with Gasteiger partial charge in [-0.15, -0.1) is 0 Å². The minimum atomic E-state index is -4.46. The highest BCUT2D eigenvalue weighted by molar-refractivity contribution is 7.54. The molecule has 3 heterocycles. The molecular formula is C20H33N4O8P. The molecule has 0 spiro atoms. The first-order valence-corrected chi connectivity index (χ1v) is 12.5. The molecule has 0 radical (unpaired) electrons. The quantitative estimate of drug-likeness (QED) is 0.279. The van der Waals surface area contributed by atoms with Gasteiger partial charge in [0.05, 0.1) is 17.1 Å². The summed E-state index contributed by atoms with van der Waals surface area (Å²) in [4.78, 5) is 29.1. The van der Waals surface area contributed by atoms with E-state index in [0.717, 1.165) is 0 Å². The lowest BCUT2D eigenvalue weighted by atomic mass is 9.93. The zero-order valence-electron chi connectivity index (χ0n) is 19.1. The van der Waals surface area contributed by atoms with Crippen molar-refractivity contribution in [2.45, 2.75) is 88.9 Å². The Bertz CT molecular complexity index is 1100. The Morgan fingerprint density at radius 1 is 1.27 bits per heavy atom. The smallest absolute Gasteiger partial charge is 0.359 e. The number of nitrogen functional groups attached to an aromatic ring is 1. The molecule has 7 N–H and O–H groups in total. The number of aromatic amines is 1. The van der Waals surface area contributed by atoms with E-state index in [1.807, 2.05) is 0 Å². The van der Waals surface area contributed by atoms with E-state index < -0.39 is 48.6 Å². The number of rotatable bonds is 9. The summed E-state index contributed by atoms with van der Waals surface area (Å²) in [6.07, 6.45) is -3.00. The molecule has 33 heavy (non-hydrogen) atoms. The van der Waals surface area contributed by atoms with E-state index in [9.17, 15) is 29.6 Å². The fraction of sp³-hybridized carbons (Fsp3) is 0.700. The maximum Gasteiger partial charge on any atom is 0.359 e. The number of fused-ring (bicyclic) bond motifs is 1. The van der Waals surface area contributed by atoms with Crippen molar-refractivity contribution < 1.29 is 34.0 Å². The number of H-pyrrole nitrogens is 1. The Morgan fingerprint density at radius 2 is 1.91 bits per heavy atom. The highest BCUT2D eigenvalue weighted by Crippen LogP contribution is 2.60. The molecular weight excluding hydrogens is 455 g/mol. The van der Waals surface area contributed by atoms with E-state index in [2.05, 4.69) is 9.97 Å². The van der Waals surface area contributed by atoms with Crippen LogP contribution < -0.4 is 11.3 Å². The van der Waals surface area contributed by atoms with Gasteiger partial charge in [-0.3, -0.25) is 14.3 Å². The molecule has 12 nitrogen and oxygen atoms in total. The van der Waals surface area contributed by atoms with Gasteiger partial charge in [0.2, 0.25) is 5.95 Å². The number of ether oxygens (including phenoxy) is 1. The highest BCUT2D eigenvalue weighted by Gasteiger charge is 2.51. The lowest BCUT2D eigenvalue weighted by molar-refractivity contribution is -0.0695. The summed E-state index contributed by atoms with van der Waals surface area (Å²) in [5, 5.41) is 30.3. The van der Waals surface area contributed by atoms with Crippen LogP contribution in [0.15, 0.2) is 17.1 Å². The van der Waals surface area contributed by atoms with Crippen LogP contribution in [-0.2, 0) is 13.8 Å². The molecule has 1 aliphatic heterocycles. The van der Waals surface area contributed by atoms with Crippen molar-refractivity contribution in [2.75, 3.05) is 5.73 Å². The third-order valence-corrected chi connectivity index (χ3v) is 8.97. The van der Waals surface area contributed by atoms with Crippen molar-refractivity contribution in [1.29, 1.82) is 0 Å². The van der Waals surface area contributed by atoms with Crippen LogP contribution in [0.2, 0.25) is 0 Å². The lowest BCUT2D eigenvalue weighted by Crippen LogP contribution is -2.40. The second-order valence-corrected chi connectivity index (χ2v) is 10.8. The van der Waals surface area contributed by atoms with Gasteiger partial charge < -0.3 is 39.8 Å². The normalized spacial score (nSPS) is 27.5. The molecule has 13 heteroatoms. The van der Waals surface area contributed by atoms with Gasteiger partial charge >= 0.3 is 7.60 Å². The second-order valence-electron chi connectivity index (χ2n) is 8.77. The van der Waals surface area contributed by atoms with Crippen molar-refractivity contribution >= 4 is 24.6 Å². The van der Waals surface area contributed by atoms with Crippen LogP contribution in [0.5, 0.6) is 0 Å². The van der Waals surface area contributed by atoms with Crippen molar-refractivity contribution in [3.05, 3.63) is 22.6 Å². The number of aliphatic hydroxyl groups excluding tert-OH is 2. The van der Waals surface area contributed by atoms with Crippen LogP contribution in [0, 0.1) is 0 Å². The molecule has 2 aromatic rings. The summed E-state index contributed by atoms with van der Waals surface area (Å²) in [7, 11) is -4.46. The Morgan fingerprint density at radius 3 is 2.48 bits per heavy atom. The molecule has 0 saturated carbocycles. The minimum absolute atomic E-state index is 0.0242. The maximum atomic E-state index is 12.9. The summed E-state index contributed by atoms with van der Waals surface area (Å²) in [5.74, 6) is -0.109. The number of hydrogen-bond acceptors (Lipinski definition) is 9. The van der Waals surface area contributed by atoms with Crippen molar-refractivity contribution in [3.8, 4) is 0 Å². The first-order valence-electron chi connectivity index (χ1n) is 11.0. The van der Waals surface area contributed by atoms with Gasteiger partial charge in [-0.2, -0.15) is 4.98 Å². The number of anilines is 1. The van der Waals surface area contributed by atoms with E-state index in [1.54, 1.807) is 27.7 Å². The van der Waals surface area contributed by atoms with E-state index in [1.165, 1.54) is 16.8 Å². The van der Waals surface area contributed by atoms with Gasteiger partial charge in [0, 0.05) is 12.6 Å². The molecule has 2 unspecified atom stereocenters. The largest absolute Gasteiger partial charge is 0.388 e. The zero-order valence-corrected chi connectivity index (χ0v) is 20.0. The Labute approximate surface area is 190 Å². The monoisotopic (exact) mass is 488 g/mol. The predicted octanol–water partition coefficient (Wildman–Crippen LogP) is 1.20. The van der Waals surface area contributed by atoms with Crippen LogP contribution in [0.4, 0.5) is 5.95 Å². The van der Waals surface area contributed by atoms with Crippen LogP contribution in [0.1, 0.15) is 59.6 Å². The Kier molecular flexibility index (Phi) is 7.12. The van der Waals surface area contributed by atoms with Crippen LogP contribution >= 0.6 is 7.60 Å². The number of aliphatic hydroxyl groups is 3. The van der Waals surface area contributed by atoms with E-state index in [4.69, 9.17) is 15.0 Å². The molecule has 1 fully saturated rings. The van der Waals surface area contributed by atoms with Crippen LogP contribution in [0.3, 0.4) is 0 Å². The van der Waals surface area contributed by atoms with E-state index >= 15 is 0 Å². The molecule has 0 aromatic carbocycles. The minimum Gasteiger partial charge on any atom is -0.388 e. The number of nitrogens with two attached hydrogens (primary N) is 1. The van der Waals surface area contributed by atoms with E-state index in [0.29, 0.717) is 0 Å². The molecule has 186 valence electrons. The summed E-state index contributed by atoms with van der Waals surface area (Å²) >= 11 is 0. The molecule has 0 bridgehead atoms. The van der Waals surface area contributed by atoms with E-state index in [-0.39, 0.29) is 42.7 Å². The zero-order chi connectivity index (χ0) is 24.8. The number of nitrogens with zero attached hydrogens (tertiary/aromatic N) is 2. The molecule has 1 saturated heterocycles. The maximum absolute atomic E-state index is 12.9. The third-order valence-electron chi connectivity index (χ3n) is 6.59. The first kappa shape index (κ1) is 25.8. The molecule has 0 aliphatic carbocycles. The Hall–Kier alpha value is -1.79. The average Bonchev–Trinajstić information content (AvgIpc) is 3.28. The van der Waals surface area contributed by atoms with Crippen molar-refractivity contribution in [2.24, 2.45) is 0 Å². The lowest BCUT2D eigenvalue weighted by Gasteiger charge is -2.38. The fourth-order valence-corrected chi connectivity index (χ4v) is 5.87. The summed E-state index contributed by atoms with van der Waals surface area (Å²) in [6, 6.07) is 1.49. The van der Waals surface area contributed by atoms with Gasteiger partial charge in [-0.25, -0.2) is 0 Å². The molecule has 0 amide bonds. The molecule has 1 aliphatic rings. The van der Waals surface area contributed by atoms with Gasteiger partial charge in [-0.1, -0.05) is 20.8 Å². The number of nitrogens with one attached hydrogen (secondary N) is 1. The number of aromatic nitrogens is 3. The van der Waals surface area contributed by atoms with Crippen molar-refractivity contribution in [3.63, 3.8) is 0 Å². The van der Waals surface area contributed by atoms with Gasteiger partial charge in [0.25, 0.3) is 5.56 Å². The molecule has 3 rings (SSSR count). The van der Waals surface area contributed by atoms with Crippen LogP contribution in [0.25, 0.3) is 11.0 Å². The average molecular weight is 488 g/mol. The first-order chi connectivity index (χ1) is 15.3. The van der Waals surface area contributed by atoms with Gasteiger partial charge in [-0.05, 0) is 32.3 Å². The van der Waals surface area contributed by atoms with Gasteiger partial charge in [0.1, 0.15) is 12.2 Å². The van der Waals surface area contributed by atoms with Crippen molar-refractivity contribution in [1.82, 2.24) is 14.5 Å². The highest BCUT2D eigenvalue weighted by atomic mass is 31.2. The summed E-state index contributed by atoms with van der Waals surface area (Å²) < 4.78 is 25.9. The fourth-order valence-electron chi connectivity index (χ4n) is 4.10. The predicted molar refractivity (Wildman–Crippen MR) is 120 cm³/mol. The SMILES string of the molecule is CCC(C)(C[C@H]1O[C@@H](n2ccc3c(=O)[nH]c(N)nc32)[C@H](O)[C@@H]1O)OP(=O)(O)C(O)(CC)CC. The van der Waals surface area contributed by atoms with Crippen LogP contribution in [-0.4, -0.2) is 64.0 Å². The standard InChI is InChI=1S/C20H33N4O8P/c1-5-19(4,32-33(29,30)20(28,6-2)7-3)10-12-13(25)14(26)17(31-12)24-9-8-11-15(24)22-18(21)23-16(11)27/h8-9,12-14,17,25-26,28H,5-7,10H2,1-4H3,(H,29,30)(H3,21,22,23,27)/t12-,13-,14-,17-,19?/m1/s1. The summed E-state index contributed by atoms with van der Waals surface area (Å²) in [5.41, 5.74) is 4.12. The van der Waals surface area contributed by atoms with Gasteiger partial charge in [0.15, 0.2) is 17.2 Å². The third kappa shape index (κ3) is 4.61. The Balaban J connectivity index is 1.86. The topological polar surface area (TPSA) is 193 Å². The molecule has 2 aromatic heterocycles. The second kappa shape index (κ2) is 9.10. The summed E-state index contributed by atoms with van der Waals surface area (Å²) in [6.45, 7) is 6.52. The molecule has 6 atom stereocenters.